The first kappa shape index (κ1) is 20.3. The van der Waals surface area contributed by atoms with E-state index in [1.807, 2.05) is 6.07 Å². The van der Waals surface area contributed by atoms with E-state index in [2.05, 4.69) is 22.2 Å². The van der Waals surface area contributed by atoms with Crippen LogP contribution in [-0.4, -0.2) is 28.5 Å². The van der Waals surface area contributed by atoms with E-state index in [1.54, 1.807) is 54.6 Å². The Labute approximate surface area is 171 Å². The van der Waals surface area contributed by atoms with E-state index in [-0.39, 0.29) is 12.1 Å². The summed E-state index contributed by atoms with van der Waals surface area (Å²) in [5, 5.41) is 4.75. The molecule has 148 valence electrons. The maximum atomic E-state index is 12.9. The monoisotopic (exact) mass is 408 g/mol. The number of allylic oxidation sites excluding steroid dienone is 1. The zero-order valence-corrected chi connectivity index (χ0v) is 16.6. The average molecular weight is 408 g/mol. The predicted molar refractivity (Wildman–Crippen MR) is 114 cm³/mol. The molecule has 0 radical (unpaired) electrons. The molecule has 2 N–H and O–H groups in total. The van der Waals surface area contributed by atoms with Crippen molar-refractivity contribution in [1.82, 2.24) is 20.2 Å². The maximum Gasteiger partial charge on any atom is 0.321 e. The van der Waals surface area contributed by atoms with Gasteiger partial charge in [-0.3, -0.25) is 19.5 Å². The number of urea groups is 1. The Balaban J connectivity index is 2.09. The van der Waals surface area contributed by atoms with Crippen LogP contribution in [0, 0.1) is 0 Å². The van der Waals surface area contributed by atoms with E-state index < -0.39 is 17.2 Å². The van der Waals surface area contributed by atoms with Gasteiger partial charge in [0.25, 0.3) is 5.56 Å². The van der Waals surface area contributed by atoms with Crippen molar-refractivity contribution in [2.24, 2.45) is 0 Å². The predicted octanol–water partition coefficient (Wildman–Crippen LogP) is 2.87. The third-order valence-corrected chi connectivity index (χ3v) is 5.41. The molecule has 0 bridgehead atoms. The lowest BCUT2D eigenvalue weighted by Gasteiger charge is -2.18. The van der Waals surface area contributed by atoms with Crippen LogP contribution in [0.15, 0.2) is 77.2 Å². The number of benzene rings is 2. The number of nitrogens with one attached hydrogen (secondary N) is 2. The summed E-state index contributed by atoms with van der Waals surface area (Å²) < 4.78 is 1.48. The topological polar surface area (TPSA) is 93.1 Å². The van der Waals surface area contributed by atoms with Crippen LogP contribution in [-0.2, 0) is 11.3 Å². The number of amides is 3. The minimum absolute atomic E-state index is 0.212. The fraction of sp³-hybridized carbons (Fsp3) is 0.143. The van der Waals surface area contributed by atoms with Crippen molar-refractivity contribution in [2.75, 3.05) is 7.05 Å². The molecular formula is C21H20N4O3S. The summed E-state index contributed by atoms with van der Waals surface area (Å²) in [6.07, 6.45) is 1.60. The number of imide groups is 1. The SMILES string of the molecule is C=CCn1c(S[C@H](C(=O)NC(=O)NC)c2ccccc2)nc2ccccc2c1=O. The van der Waals surface area contributed by atoms with Crippen LogP contribution in [0.5, 0.6) is 0 Å². The summed E-state index contributed by atoms with van der Waals surface area (Å²) in [6, 6.07) is 15.5. The van der Waals surface area contributed by atoms with Crippen molar-refractivity contribution in [3.8, 4) is 0 Å². The Hall–Kier alpha value is -3.39. The molecule has 0 unspecified atom stereocenters. The summed E-state index contributed by atoms with van der Waals surface area (Å²) in [4.78, 5) is 42.0. The summed E-state index contributed by atoms with van der Waals surface area (Å²) >= 11 is 1.11. The first-order valence-electron chi connectivity index (χ1n) is 8.89. The highest BCUT2D eigenvalue weighted by atomic mass is 32.2. The molecule has 1 aromatic heterocycles. The van der Waals surface area contributed by atoms with Crippen LogP contribution in [0.2, 0.25) is 0 Å². The number of nitrogens with zero attached hydrogens (tertiary/aromatic N) is 2. The lowest BCUT2D eigenvalue weighted by Crippen LogP contribution is -2.39. The molecule has 0 fully saturated rings. The highest BCUT2D eigenvalue weighted by Crippen LogP contribution is 2.34. The number of aromatic nitrogens is 2. The Kier molecular flexibility index (Phi) is 6.46. The van der Waals surface area contributed by atoms with Gasteiger partial charge in [0, 0.05) is 13.6 Å². The van der Waals surface area contributed by atoms with Gasteiger partial charge in [0.15, 0.2) is 5.16 Å². The van der Waals surface area contributed by atoms with E-state index >= 15 is 0 Å². The molecule has 0 aliphatic heterocycles. The standard InChI is InChI=1S/C21H20N4O3S/c1-3-13-25-19(27)15-11-7-8-12-16(15)23-21(25)29-17(14-9-5-4-6-10-14)18(26)24-20(28)22-2/h3-12,17H,1,13H2,2H3,(H2,22,24,26,28)/t17-/m0/s1. The Morgan fingerprint density at radius 3 is 2.55 bits per heavy atom. The van der Waals surface area contributed by atoms with Crippen molar-refractivity contribution in [2.45, 2.75) is 17.0 Å². The maximum absolute atomic E-state index is 12.9. The second kappa shape index (κ2) is 9.20. The second-order valence-electron chi connectivity index (χ2n) is 6.09. The van der Waals surface area contributed by atoms with Crippen LogP contribution in [0.25, 0.3) is 10.9 Å². The van der Waals surface area contributed by atoms with Crippen LogP contribution in [0.1, 0.15) is 10.8 Å². The van der Waals surface area contributed by atoms with Crippen molar-refractivity contribution in [1.29, 1.82) is 0 Å². The molecule has 0 saturated heterocycles. The highest BCUT2D eigenvalue weighted by Gasteiger charge is 2.26. The first-order chi connectivity index (χ1) is 14.0. The van der Waals surface area contributed by atoms with Gasteiger partial charge in [-0.05, 0) is 17.7 Å². The minimum Gasteiger partial charge on any atom is -0.341 e. The molecule has 3 aromatic rings. The highest BCUT2D eigenvalue weighted by molar-refractivity contribution is 8.00. The largest absolute Gasteiger partial charge is 0.341 e. The molecule has 0 aliphatic carbocycles. The summed E-state index contributed by atoms with van der Waals surface area (Å²) in [5.74, 6) is -0.506. The van der Waals surface area contributed by atoms with Gasteiger partial charge in [-0.25, -0.2) is 9.78 Å². The van der Waals surface area contributed by atoms with Gasteiger partial charge >= 0.3 is 6.03 Å². The van der Waals surface area contributed by atoms with Gasteiger partial charge < -0.3 is 5.32 Å². The number of hydrogen-bond acceptors (Lipinski definition) is 5. The Bertz CT molecular complexity index is 1110. The molecule has 0 spiro atoms. The zero-order chi connectivity index (χ0) is 20.8. The molecular weight excluding hydrogens is 388 g/mol. The van der Waals surface area contributed by atoms with Gasteiger partial charge in [-0.1, -0.05) is 60.3 Å². The number of rotatable bonds is 6. The van der Waals surface area contributed by atoms with Crippen LogP contribution in [0.3, 0.4) is 0 Å². The third kappa shape index (κ3) is 4.55. The second-order valence-corrected chi connectivity index (χ2v) is 7.17. The first-order valence-corrected chi connectivity index (χ1v) is 9.77. The quantitative estimate of drug-likeness (QED) is 0.372. The molecule has 2 aromatic carbocycles. The van der Waals surface area contributed by atoms with E-state index in [0.717, 1.165) is 11.8 Å². The minimum atomic E-state index is -0.780. The molecule has 29 heavy (non-hydrogen) atoms. The van der Waals surface area contributed by atoms with E-state index in [9.17, 15) is 14.4 Å². The van der Waals surface area contributed by atoms with Crippen molar-refractivity contribution < 1.29 is 9.59 Å². The van der Waals surface area contributed by atoms with Gasteiger partial charge in [0.1, 0.15) is 5.25 Å². The van der Waals surface area contributed by atoms with Gasteiger partial charge in [0.2, 0.25) is 5.91 Å². The van der Waals surface area contributed by atoms with Crippen LogP contribution < -0.4 is 16.2 Å². The number of para-hydroxylation sites is 1. The van der Waals surface area contributed by atoms with Crippen LogP contribution in [0.4, 0.5) is 4.79 Å². The number of carbonyl (C=O) groups is 2. The molecule has 0 aliphatic rings. The van der Waals surface area contributed by atoms with Crippen LogP contribution >= 0.6 is 11.8 Å². The van der Waals surface area contributed by atoms with E-state index in [0.29, 0.717) is 21.6 Å². The summed E-state index contributed by atoms with van der Waals surface area (Å²) in [5.41, 5.74) is 1.02. The molecule has 0 saturated carbocycles. The summed E-state index contributed by atoms with van der Waals surface area (Å²) in [7, 11) is 1.43. The number of fused-ring (bicyclic) bond motifs is 1. The normalized spacial score (nSPS) is 11.6. The Morgan fingerprint density at radius 2 is 1.86 bits per heavy atom. The molecule has 1 atom stereocenters. The van der Waals surface area contributed by atoms with Crippen molar-refractivity contribution in [3.05, 3.63) is 83.2 Å². The Morgan fingerprint density at radius 1 is 1.17 bits per heavy atom. The fourth-order valence-electron chi connectivity index (χ4n) is 2.77. The van der Waals surface area contributed by atoms with Gasteiger partial charge in [0.05, 0.1) is 10.9 Å². The third-order valence-electron chi connectivity index (χ3n) is 4.17. The fourth-order valence-corrected chi connectivity index (χ4v) is 3.88. The summed E-state index contributed by atoms with van der Waals surface area (Å²) in [6.45, 7) is 3.96. The lowest BCUT2D eigenvalue weighted by molar-refractivity contribution is -0.119. The van der Waals surface area contributed by atoms with E-state index in [4.69, 9.17) is 0 Å². The van der Waals surface area contributed by atoms with E-state index in [1.165, 1.54) is 11.6 Å². The van der Waals surface area contributed by atoms with Gasteiger partial charge in [-0.2, -0.15) is 0 Å². The number of carbonyl (C=O) groups excluding carboxylic acids is 2. The number of hydrogen-bond donors (Lipinski definition) is 2. The molecule has 3 rings (SSSR count). The van der Waals surface area contributed by atoms with Gasteiger partial charge in [-0.15, -0.1) is 6.58 Å². The lowest BCUT2D eigenvalue weighted by atomic mass is 10.1. The molecule has 7 nitrogen and oxygen atoms in total. The molecule has 1 heterocycles. The molecule has 3 amide bonds. The zero-order valence-electron chi connectivity index (χ0n) is 15.8. The average Bonchev–Trinajstić information content (AvgIpc) is 2.75. The molecule has 8 heteroatoms. The smallest absolute Gasteiger partial charge is 0.321 e. The number of thioether (sulfide) groups is 1. The van der Waals surface area contributed by atoms with Crippen molar-refractivity contribution in [3.63, 3.8) is 0 Å². The van der Waals surface area contributed by atoms with Crippen molar-refractivity contribution >= 4 is 34.6 Å².